The quantitative estimate of drug-likeness (QED) is 0.887. The third kappa shape index (κ3) is 2.82. The summed E-state index contributed by atoms with van der Waals surface area (Å²) in [6, 6.07) is 4.03. The SMILES string of the molecule is CC(O)c1ccc(F)cc1OCc1cnoc1. The predicted octanol–water partition coefficient (Wildman–Crippen LogP) is 2.45. The number of aromatic nitrogens is 1. The first kappa shape index (κ1) is 11.6. The van der Waals surface area contributed by atoms with E-state index >= 15 is 0 Å². The van der Waals surface area contributed by atoms with Crippen LogP contribution in [0.15, 0.2) is 35.2 Å². The summed E-state index contributed by atoms with van der Waals surface area (Å²) in [6.45, 7) is 1.81. The number of halogens is 1. The Labute approximate surface area is 97.6 Å². The van der Waals surface area contributed by atoms with Gasteiger partial charge in [0.15, 0.2) is 0 Å². The van der Waals surface area contributed by atoms with E-state index < -0.39 is 11.9 Å². The van der Waals surface area contributed by atoms with Crippen LogP contribution in [0.25, 0.3) is 0 Å². The van der Waals surface area contributed by atoms with Gasteiger partial charge in [-0.25, -0.2) is 4.39 Å². The number of ether oxygens (including phenoxy) is 1. The lowest BCUT2D eigenvalue weighted by atomic mass is 10.1. The van der Waals surface area contributed by atoms with Crippen LogP contribution >= 0.6 is 0 Å². The molecule has 0 aliphatic heterocycles. The summed E-state index contributed by atoms with van der Waals surface area (Å²) >= 11 is 0. The molecule has 2 rings (SSSR count). The molecule has 0 spiro atoms. The molecular formula is C12H12FNO3. The van der Waals surface area contributed by atoms with Crippen LogP contribution in [-0.4, -0.2) is 10.3 Å². The Bertz CT molecular complexity index is 483. The Balaban J connectivity index is 2.16. The molecule has 17 heavy (non-hydrogen) atoms. The van der Waals surface area contributed by atoms with Crippen molar-refractivity contribution in [2.75, 3.05) is 0 Å². The third-order valence-corrected chi connectivity index (χ3v) is 2.30. The van der Waals surface area contributed by atoms with Crippen LogP contribution in [0, 0.1) is 5.82 Å². The fourth-order valence-electron chi connectivity index (χ4n) is 1.44. The minimum Gasteiger partial charge on any atom is -0.488 e. The second-order valence-corrected chi connectivity index (χ2v) is 3.68. The van der Waals surface area contributed by atoms with Gasteiger partial charge >= 0.3 is 0 Å². The standard InChI is InChI=1S/C12H12FNO3/c1-8(15)11-3-2-10(13)4-12(11)16-6-9-5-14-17-7-9/h2-5,7-8,15H,6H2,1H3. The number of hydrogen-bond acceptors (Lipinski definition) is 4. The number of benzene rings is 1. The first-order valence-corrected chi connectivity index (χ1v) is 5.15. The van der Waals surface area contributed by atoms with E-state index in [4.69, 9.17) is 4.74 Å². The van der Waals surface area contributed by atoms with E-state index in [0.29, 0.717) is 11.3 Å². The number of hydrogen-bond donors (Lipinski definition) is 1. The van der Waals surface area contributed by atoms with E-state index in [1.807, 2.05) is 0 Å². The lowest BCUT2D eigenvalue weighted by Gasteiger charge is -2.12. The van der Waals surface area contributed by atoms with Gasteiger partial charge in [0.05, 0.1) is 12.3 Å². The zero-order chi connectivity index (χ0) is 12.3. The van der Waals surface area contributed by atoms with Crippen LogP contribution in [0.5, 0.6) is 5.75 Å². The zero-order valence-electron chi connectivity index (χ0n) is 9.26. The molecule has 0 amide bonds. The Kier molecular flexibility index (Phi) is 3.39. The molecule has 0 aliphatic rings. The highest BCUT2D eigenvalue weighted by Gasteiger charge is 2.10. The Morgan fingerprint density at radius 1 is 1.53 bits per heavy atom. The van der Waals surface area contributed by atoms with E-state index in [-0.39, 0.29) is 6.61 Å². The van der Waals surface area contributed by atoms with Crippen molar-refractivity contribution in [3.8, 4) is 5.75 Å². The van der Waals surface area contributed by atoms with Gasteiger partial charge in [-0.3, -0.25) is 0 Å². The van der Waals surface area contributed by atoms with Crippen LogP contribution in [0.1, 0.15) is 24.2 Å². The molecule has 1 unspecified atom stereocenters. The van der Waals surface area contributed by atoms with Crippen molar-refractivity contribution < 1.29 is 18.8 Å². The van der Waals surface area contributed by atoms with Crippen molar-refractivity contribution in [3.05, 3.63) is 47.6 Å². The van der Waals surface area contributed by atoms with Crippen molar-refractivity contribution in [1.29, 1.82) is 0 Å². The van der Waals surface area contributed by atoms with Crippen molar-refractivity contribution in [1.82, 2.24) is 5.16 Å². The van der Waals surface area contributed by atoms with Crippen molar-refractivity contribution in [2.45, 2.75) is 19.6 Å². The smallest absolute Gasteiger partial charge is 0.130 e. The second kappa shape index (κ2) is 4.97. The minimum atomic E-state index is -0.715. The number of aliphatic hydroxyl groups excluding tert-OH is 1. The number of aliphatic hydroxyl groups is 1. The highest BCUT2D eigenvalue weighted by atomic mass is 19.1. The maximum absolute atomic E-state index is 13.1. The van der Waals surface area contributed by atoms with Crippen LogP contribution in [-0.2, 0) is 6.61 Å². The maximum atomic E-state index is 13.1. The number of nitrogens with zero attached hydrogens (tertiary/aromatic N) is 1. The van der Waals surface area contributed by atoms with Crippen LogP contribution in [0.3, 0.4) is 0 Å². The summed E-state index contributed by atoms with van der Waals surface area (Å²) < 4.78 is 23.2. The van der Waals surface area contributed by atoms with Gasteiger partial charge in [-0.1, -0.05) is 5.16 Å². The molecule has 0 radical (unpaired) electrons. The molecule has 1 atom stereocenters. The normalized spacial score (nSPS) is 12.4. The van der Waals surface area contributed by atoms with Crippen molar-refractivity contribution >= 4 is 0 Å². The molecule has 90 valence electrons. The van der Waals surface area contributed by atoms with Crippen LogP contribution < -0.4 is 4.74 Å². The van der Waals surface area contributed by atoms with Gasteiger partial charge in [-0.05, 0) is 19.1 Å². The van der Waals surface area contributed by atoms with Gasteiger partial charge in [-0.2, -0.15) is 0 Å². The number of rotatable bonds is 4. The molecular weight excluding hydrogens is 225 g/mol. The van der Waals surface area contributed by atoms with Gasteiger partial charge in [0.25, 0.3) is 0 Å². The summed E-state index contributed by atoms with van der Waals surface area (Å²) in [5.74, 6) is -0.0871. The van der Waals surface area contributed by atoms with Crippen LogP contribution in [0.4, 0.5) is 4.39 Å². The Hall–Kier alpha value is -1.88. The van der Waals surface area contributed by atoms with Crippen molar-refractivity contribution in [2.24, 2.45) is 0 Å². The lowest BCUT2D eigenvalue weighted by molar-refractivity contribution is 0.189. The van der Waals surface area contributed by atoms with Gasteiger partial charge in [-0.15, -0.1) is 0 Å². The zero-order valence-corrected chi connectivity index (χ0v) is 9.26. The molecule has 0 aliphatic carbocycles. The minimum absolute atomic E-state index is 0.215. The van der Waals surface area contributed by atoms with Gasteiger partial charge in [0.2, 0.25) is 0 Å². The third-order valence-electron chi connectivity index (χ3n) is 2.30. The molecule has 1 aromatic heterocycles. The summed E-state index contributed by atoms with van der Waals surface area (Å²) in [5.41, 5.74) is 1.29. The molecule has 0 bridgehead atoms. The maximum Gasteiger partial charge on any atom is 0.130 e. The van der Waals surface area contributed by atoms with E-state index in [1.54, 1.807) is 6.92 Å². The van der Waals surface area contributed by atoms with Gasteiger partial charge in [0.1, 0.15) is 24.4 Å². The van der Waals surface area contributed by atoms with E-state index in [0.717, 1.165) is 5.56 Å². The topological polar surface area (TPSA) is 55.5 Å². The molecule has 1 heterocycles. The molecule has 0 saturated carbocycles. The molecule has 0 saturated heterocycles. The summed E-state index contributed by atoms with van der Waals surface area (Å²) in [6.07, 6.45) is 2.25. The summed E-state index contributed by atoms with van der Waals surface area (Å²) in [4.78, 5) is 0. The largest absolute Gasteiger partial charge is 0.488 e. The highest BCUT2D eigenvalue weighted by molar-refractivity contribution is 5.35. The molecule has 2 aromatic rings. The lowest BCUT2D eigenvalue weighted by Crippen LogP contribution is -2.01. The Morgan fingerprint density at radius 2 is 2.35 bits per heavy atom. The second-order valence-electron chi connectivity index (χ2n) is 3.68. The molecule has 4 nitrogen and oxygen atoms in total. The molecule has 0 fully saturated rings. The van der Waals surface area contributed by atoms with Crippen LogP contribution in [0.2, 0.25) is 0 Å². The van der Waals surface area contributed by atoms with E-state index in [1.165, 1.54) is 30.7 Å². The molecule has 5 heteroatoms. The average Bonchev–Trinajstić information content (AvgIpc) is 2.78. The summed E-state index contributed by atoms with van der Waals surface area (Å²) in [5, 5.41) is 13.1. The van der Waals surface area contributed by atoms with Gasteiger partial charge < -0.3 is 14.4 Å². The van der Waals surface area contributed by atoms with Crippen molar-refractivity contribution in [3.63, 3.8) is 0 Å². The average molecular weight is 237 g/mol. The fourth-order valence-corrected chi connectivity index (χ4v) is 1.44. The first-order valence-electron chi connectivity index (χ1n) is 5.15. The van der Waals surface area contributed by atoms with Gasteiger partial charge in [0, 0.05) is 17.2 Å². The van der Waals surface area contributed by atoms with E-state index in [2.05, 4.69) is 9.68 Å². The molecule has 1 N–H and O–H groups in total. The monoisotopic (exact) mass is 237 g/mol. The predicted molar refractivity (Wildman–Crippen MR) is 57.9 cm³/mol. The Morgan fingerprint density at radius 3 is 3.00 bits per heavy atom. The summed E-state index contributed by atoms with van der Waals surface area (Å²) in [7, 11) is 0. The molecule has 1 aromatic carbocycles. The first-order chi connectivity index (χ1) is 8.16. The van der Waals surface area contributed by atoms with E-state index in [9.17, 15) is 9.50 Å². The highest BCUT2D eigenvalue weighted by Crippen LogP contribution is 2.26. The fraction of sp³-hybridized carbons (Fsp3) is 0.250.